The van der Waals surface area contributed by atoms with Crippen LogP contribution in [0.3, 0.4) is 0 Å². The molecule has 0 spiro atoms. The highest BCUT2D eigenvalue weighted by Gasteiger charge is 2.44. The molecule has 0 atom stereocenters. The molecule has 0 aliphatic carbocycles. The smallest absolute Gasteiger partial charge is 0.230 e. The Kier molecular flexibility index (Phi) is 18.9. The summed E-state index contributed by atoms with van der Waals surface area (Å²) in [6.45, 7) is 6.68. The van der Waals surface area contributed by atoms with Crippen LogP contribution in [0.5, 0.6) is 0 Å². The molecule has 0 saturated heterocycles. The molecule has 0 unspecified atom stereocenters. The van der Waals surface area contributed by atoms with Gasteiger partial charge in [-0.05, 0) is 24.7 Å². The minimum Gasteiger partial charge on any atom is -0.369 e. The second kappa shape index (κ2) is 19.6. The van der Waals surface area contributed by atoms with Gasteiger partial charge in [-0.25, -0.2) is 0 Å². The summed E-state index contributed by atoms with van der Waals surface area (Å²) >= 11 is 0. The molecule has 31 heavy (non-hydrogen) atoms. The van der Waals surface area contributed by atoms with Gasteiger partial charge < -0.3 is 11.5 Å². The Labute approximate surface area is 193 Å². The van der Waals surface area contributed by atoms with Gasteiger partial charge in [0.1, 0.15) is 5.92 Å². The summed E-state index contributed by atoms with van der Waals surface area (Å²) in [5.41, 5.74) is 11.2. The van der Waals surface area contributed by atoms with E-state index in [9.17, 15) is 9.59 Å². The SMILES string of the molecule is CCCCCCCCC(CCCCCCC)(CCCCCCCC)C(C(N)=O)C(N)=O. The lowest BCUT2D eigenvalue weighted by molar-refractivity contribution is -0.138. The van der Waals surface area contributed by atoms with Crippen LogP contribution in [0.1, 0.15) is 149 Å². The van der Waals surface area contributed by atoms with Crippen LogP contribution in [0, 0.1) is 11.3 Å². The predicted molar refractivity (Wildman–Crippen MR) is 134 cm³/mol. The number of amides is 2. The molecule has 2 amide bonds. The first-order chi connectivity index (χ1) is 14.9. The Bertz CT molecular complexity index is 421. The second-order valence-corrected chi connectivity index (χ2v) is 9.80. The molecule has 0 aromatic heterocycles. The van der Waals surface area contributed by atoms with Crippen molar-refractivity contribution in [2.75, 3.05) is 0 Å². The van der Waals surface area contributed by atoms with Gasteiger partial charge in [0.05, 0.1) is 0 Å². The molecule has 0 aliphatic rings. The van der Waals surface area contributed by atoms with Crippen molar-refractivity contribution in [1.82, 2.24) is 0 Å². The summed E-state index contributed by atoms with van der Waals surface area (Å²) in [5.74, 6) is -1.86. The van der Waals surface area contributed by atoms with Crippen LogP contribution in [0.15, 0.2) is 0 Å². The molecule has 0 aromatic carbocycles. The van der Waals surface area contributed by atoms with Crippen LogP contribution in [0.25, 0.3) is 0 Å². The van der Waals surface area contributed by atoms with Crippen molar-refractivity contribution in [3.63, 3.8) is 0 Å². The first kappa shape index (κ1) is 29.9. The molecular formula is C27H54N2O2. The number of nitrogens with two attached hydrogens (primary N) is 2. The van der Waals surface area contributed by atoms with Gasteiger partial charge in [0.2, 0.25) is 11.8 Å². The molecular weight excluding hydrogens is 384 g/mol. The molecule has 4 N–H and O–H groups in total. The Morgan fingerprint density at radius 2 is 0.774 bits per heavy atom. The molecule has 0 fully saturated rings. The fourth-order valence-corrected chi connectivity index (χ4v) is 5.15. The molecule has 0 aliphatic heterocycles. The van der Waals surface area contributed by atoms with E-state index < -0.39 is 17.7 Å². The normalized spacial score (nSPS) is 11.9. The number of rotatable bonds is 23. The maximum absolute atomic E-state index is 12.4. The summed E-state index contributed by atoms with van der Waals surface area (Å²) in [6.07, 6.45) is 23.1. The fraction of sp³-hybridized carbons (Fsp3) is 0.926. The first-order valence-corrected chi connectivity index (χ1v) is 13.5. The van der Waals surface area contributed by atoms with Gasteiger partial charge in [-0.1, -0.05) is 130 Å². The monoisotopic (exact) mass is 438 g/mol. The third kappa shape index (κ3) is 13.9. The van der Waals surface area contributed by atoms with Crippen LogP contribution in [-0.2, 0) is 9.59 Å². The van der Waals surface area contributed by atoms with E-state index >= 15 is 0 Å². The molecule has 0 rings (SSSR count). The van der Waals surface area contributed by atoms with Crippen molar-refractivity contribution in [3.8, 4) is 0 Å². The molecule has 4 heteroatoms. The third-order valence-electron chi connectivity index (χ3n) is 7.02. The van der Waals surface area contributed by atoms with Crippen molar-refractivity contribution in [2.24, 2.45) is 22.8 Å². The number of carbonyl (C=O) groups excluding carboxylic acids is 2. The molecule has 4 nitrogen and oxygen atoms in total. The average molecular weight is 439 g/mol. The maximum Gasteiger partial charge on any atom is 0.230 e. The van der Waals surface area contributed by atoms with Gasteiger partial charge in [0.15, 0.2) is 0 Å². The molecule has 0 aromatic rings. The molecule has 0 bridgehead atoms. The maximum atomic E-state index is 12.4. The van der Waals surface area contributed by atoms with Crippen molar-refractivity contribution in [3.05, 3.63) is 0 Å². The summed E-state index contributed by atoms with van der Waals surface area (Å²) in [7, 11) is 0. The van der Waals surface area contributed by atoms with Crippen LogP contribution in [0.2, 0.25) is 0 Å². The van der Waals surface area contributed by atoms with E-state index in [-0.39, 0.29) is 5.41 Å². The lowest BCUT2D eigenvalue weighted by Crippen LogP contribution is -2.47. The number of carbonyl (C=O) groups is 2. The molecule has 0 heterocycles. The third-order valence-corrected chi connectivity index (χ3v) is 7.02. The lowest BCUT2D eigenvalue weighted by atomic mass is 9.65. The first-order valence-electron chi connectivity index (χ1n) is 13.5. The van der Waals surface area contributed by atoms with Crippen LogP contribution in [-0.4, -0.2) is 11.8 Å². The Hall–Kier alpha value is -1.06. The lowest BCUT2D eigenvalue weighted by Gasteiger charge is -2.39. The van der Waals surface area contributed by atoms with Crippen molar-refractivity contribution < 1.29 is 9.59 Å². The summed E-state index contributed by atoms with van der Waals surface area (Å²) in [5, 5.41) is 0. The Balaban J connectivity index is 5.22. The molecule has 0 radical (unpaired) electrons. The number of hydrogen-bond donors (Lipinski definition) is 2. The van der Waals surface area contributed by atoms with Crippen LogP contribution >= 0.6 is 0 Å². The highest BCUT2D eigenvalue weighted by Crippen LogP contribution is 2.44. The van der Waals surface area contributed by atoms with E-state index in [0.29, 0.717) is 0 Å². The van der Waals surface area contributed by atoms with E-state index in [0.717, 1.165) is 44.9 Å². The topological polar surface area (TPSA) is 86.2 Å². The van der Waals surface area contributed by atoms with Gasteiger partial charge in [0, 0.05) is 0 Å². The van der Waals surface area contributed by atoms with Crippen molar-refractivity contribution in [2.45, 2.75) is 149 Å². The van der Waals surface area contributed by atoms with E-state index in [2.05, 4.69) is 20.8 Å². The predicted octanol–water partition coefficient (Wildman–Crippen LogP) is 7.42. The van der Waals surface area contributed by atoms with Crippen molar-refractivity contribution >= 4 is 11.8 Å². The second-order valence-electron chi connectivity index (χ2n) is 9.80. The summed E-state index contributed by atoms with van der Waals surface area (Å²) in [6, 6.07) is 0. The van der Waals surface area contributed by atoms with Gasteiger partial charge in [-0.3, -0.25) is 9.59 Å². The quantitative estimate of drug-likeness (QED) is 0.128. The van der Waals surface area contributed by atoms with Gasteiger partial charge in [-0.2, -0.15) is 0 Å². The number of primary amides is 2. The van der Waals surface area contributed by atoms with Crippen LogP contribution < -0.4 is 11.5 Å². The van der Waals surface area contributed by atoms with Gasteiger partial charge in [-0.15, -0.1) is 0 Å². The van der Waals surface area contributed by atoms with Crippen molar-refractivity contribution in [1.29, 1.82) is 0 Å². The van der Waals surface area contributed by atoms with Crippen LogP contribution in [0.4, 0.5) is 0 Å². The molecule has 184 valence electrons. The van der Waals surface area contributed by atoms with Gasteiger partial charge >= 0.3 is 0 Å². The number of unbranched alkanes of at least 4 members (excludes halogenated alkanes) is 14. The Morgan fingerprint density at radius 1 is 0.516 bits per heavy atom. The van der Waals surface area contributed by atoms with E-state index in [1.807, 2.05) is 0 Å². The standard InChI is InChI=1S/C27H54N2O2/c1-4-7-10-13-16-19-22-27(21-18-15-12-9-6-3,24(25(28)30)26(29)31)23-20-17-14-11-8-5-2/h24H,4-23H2,1-3H3,(H2,28,30)(H2,29,31). The summed E-state index contributed by atoms with van der Waals surface area (Å²) < 4.78 is 0. The zero-order valence-electron chi connectivity index (χ0n) is 21.2. The largest absolute Gasteiger partial charge is 0.369 e. The highest BCUT2D eigenvalue weighted by atomic mass is 16.2. The minimum absolute atomic E-state index is 0.348. The fourth-order valence-electron chi connectivity index (χ4n) is 5.15. The zero-order valence-corrected chi connectivity index (χ0v) is 21.2. The minimum atomic E-state index is -0.829. The van der Waals surface area contributed by atoms with E-state index in [1.165, 1.54) is 83.5 Å². The zero-order chi connectivity index (χ0) is 23.4. The van der Waals surface area contributed by atoms with E-state index in [4.69, 9.17) is 11.5 Å². The van der Waals surface area contributed by atoms with Gasteiger partial charge in [0.25, 0.3) is 0 Å². The average Bonchev–Trinajstić information content (AvgIpc) is 2.72. The van der Waals surface area contributed by atoms with E-state index in [1.54, 1.807) is 0 Å². The molecule has 0 saturated carbocycles. The summed E-state index contributed by atoms with van der Waals surface area (Å²) in [4.78, 5) is 24.8. The number of hydrogen-bond acceptors (Lipinski definition) is 2. The Morgan fingerprint density at radius 3 is 1.03 bits per heavy atom. The highest BCUT2D eigenvalue weighted by molar-refractivity contribution is 5.99.